The van der Waals surface area contributed by atoms with Gasteiger partial charge in [-0.05, 0) is 60.1 Å². The maximum absolute atomic E-state index is 11.4. The molecule has 10 N–H and O–H groups in total. The number of aliphatic hydroxyl groups excluding tert-OH is 6. The summed E-state index contributed by atoms with van der Waals surface area (Å²) in [4.78, 5) is 22.7. The lowest BCUT2D eigenvalue weighted by Gasteiger charge is -2.38. The Labute approximate surface area is 262 Å². The number of rotatable bonds is 11. The van der Waals surface area contributed by atoms with Crippen LogP contribution in [-0.4, -0.2) is 124 Å². The molecule has 0 spiro atoms. The number of aromatic hydroxyl groups is 2. The van der Waals surface area contributed by atoms with Crippen molar-refractivity contribution in [3.63, 3.8) is 0 Å². The molecule has 4 rings (SSSR count). The zero-order valence-electron chi connectivity index (χ0n) is 24.7. The van der Waals surface area contributed by atoms with Gasteiger partial charge in [-0.15, -0.1) is 0 Å². The molecule has 16 nitrogen and oxygen atoms in total. The van der Waals surface area contributed by atoms with Gasteiger partial charge < -0.3 is 70.0 Å². The Kier molecular flexibility index (Phi) is 11.0. The SMILES string of the molecule is CC(Cc1ccc(O[C@@H]2O[C@H](C(=O)O)[C@@H](O)[C@H](O)[C@H]2O)c(O)c1)C(C)Cc1ccc(O)c(O[C@@H]2O[C@H](C(=O)O)[C@@H](O)[C@H](O)[C@H]2O)c1. The molecule has 0 amide bonds. The molecule has 0 radical (unpaired) electrons. The van der Waals surface area contributed by atoms with Gasteiger partial charge in [0.1, 0.15) is 36.6 Å². The Morgan fingerprint density at radius 1 is 0.630 bits per heavy atom. The quantitative estimate of drug-likeness (QED) is 0.135. The molecule has 2 unspecified atom stereocenters. The lowest BCUT2D eigenvalue weighted by atomic mass is 9.85. The highest BCUT2D eigenvalue weighted by molar-refractivity contribution is 5.74. The Bertz CT molecular complexity index is 1380. The molecule has 0 aliphatic carbocycles. The average molecular weight is 655 g/mol. The Morgan fingerprint density at radius 3 is 1.52 bits per heavy atom. The number of carboxylic acids is 2. The van der Waals surface area contributed by atoms with E-state index < -0.39 is 73.4 Å². The van der Waals surface area contributed by atoms with Crippen molar-refractivity contribution in [2.45, 2.75) is 88.1 Å². The number of hydrogen-bond acceptors (Lipinski definition) is 14. The monoisotopic (exact) mass is 654 g/mol. The number of aliphatic hydroxyl groups is 6. The zero-order chi connectivity index (χ0) is 34.0. The maximum atomic E-state index is 11.4. The van der Waals surface area contributed by atoms with Crippen molar-refractivity contribution in [3.8, 4) is 23.0 Å². The molecule has 12 atom stereocenters. The number of aliphatic carboxylic acids is 2. The van der Waals surface area contributed by atoms with E-state index in [1.54, 1.807) is 12.1 Å². The fourth-order valence-electron chi connectivity index (χ4n) is 5.26. The van der Waals surface area contributed by atoms with Crippen LogP contribution in [0.15, 0.2) is 36.4 Å². The van der Waals surface area contributed by atoms with Crippen molar-refractivity contribution in [2.75, 3.05) is 0 Å². The smallest absolute Gasteiger partial charge is 0.335 e. The van der Waals surface area contributed by atoms with Crippen molar-refractivity contribution < 1.29 is 79.6 Å². The van der Waals surface area contributed by atoms with E-state index in [1.807, 2.05) is 13.8 Å². The highest BCUT2D eigenvalue weighted by Gasteiger charge is 2.49. The molecule has 2 aliphatic heterocycles. The zero-order valence-corrected chi connectivity index (χ0v) is 24.7. The van der Waals surface area contributed by atoms with E-state index in [9.17, 15) is 60.7 Å². The predicted octanol–water partition coefficient (Wildman–Crippen LogP) is -1.30. The van der Waals surface area contributed by atoms with E-state index in [4.69, 9.17) is 18.9 Å². The normalized spacial score (nSPS) is 32.7. The fraction of sp³-hybridized carbons (Fsp3) is 0.533. The predicted molar refractivity (Wildman–Crippen MR) is 152 cm³/mol. The molecule has 2 heterocycles. The molecule has 2 aliphatic rings. The summed E-state index contributed by atoms with van der Waals surface area (Å²) in [6.45, 7) is 3.94. The molecular weight excluding hydrogens is 616 g/mol. The molecule has 0 aromatic heterocycles. The van der Waals surface area contributed by atoms with E-state index in [2.05, 4.69) is 0 Å². The number of phenols is 2. The number of ether oxygens (including phenoxy) is 4. The molecule has 2 fully saturated rings. The first-order chi connectivity index (χ1) is 21.6. The first kappa shape index (κ1) is 35.1. The minimum Gasteiger partial charge on any atom is -0.504 e. The topological polar surface area (TPSA) is 273 Å². The molecule has 2 aromatic carbocycles. The summed E-state index contributed by atoms with van der Waals surface area (Å²) in [5.41, 5.74) is 1.41. The van der Waals surface area contributed by atoms with Crippen molar-refractivity contribution in [2.24, 2.45) is 11.8 Å². The van der Waals surface area contributed by atoms with Crippen LogP contribution < -0.4 is 9.47 Å². The van der Waals surface area contributed by atoms with Crippen LogP contribution in [0.4, 0.5) is 0 Å². The van der Waals surface area contributed by atoms with Gasteiger partial charge in [0.2, 0.25) is 12.6 Å². The van der Waals surface area contributed by atoms with Crippen LogP contribution in [0, 0.1) is 11.8 Å². The molecule has 0 saturated carbocycles. The molecular formula is C30H38O16. The van der Waals surface area contributed by atoms with Gasteiger partial charge in [0, 0.05) is 0 Å². The number of carbonyl (C=O) groups is 2. The second-order valence-corrected chi connectivity index (χ2v) is 11.7. The Balaban J connectivity index is 1.38. The lowest BCUT2D eigenvalue weighted by Crippen LogP contribution is -2.61. The van der Waals surface area contributed by atoms with Crippen molar-refractivity contribution in [1.29, 1.82) is 0 Å². The minimum absolute atomic E-state index is 0.0204. The average Bonchev–Trinajstić information content (AvgIpc) is 2.99. The van der Waals surface area contributed by atoms with E-state index >= 15 is 0 Å². The molecule has 254 valence electrons. The van der Waals surface area contributed by atoms with Gasteiger partial charge in [-0.1, -0.05) is 26.0 Å². The van der Waals surface area contributed by atoms with Gasteiger partial charge in [-0.3, -0.25) is 0 Å². The molecule has 2 aromatic rings. The number of benzene rings is 2. The summed E-state index contributed by atoms with van der Waals surface area (Å²) in [5.74, 6) is -4.06. The van der Waals surface area contributed by atoms with Crippen LogP contribution in [0.1, 0.15) is 25.0 Å². The van der Waals surface area contributed by atoms with Gasteiger partial charge in [0.05, 0.1) is 0 Å². The third kappa shape index (κ3) is 7.62. The summed E-state index contributed by atoms with van der Waals surface area (Å²) in [6, 6.07) is 8.93. The third-order valence-electron chi connectivity index (χ3n) is 8.25. The third-order valence-corrected chi connectivity index (χ3v) is 8.25. The van der Waals surface area contributed by atoms with Crippen LogP contribution >= 0.6 is 0 Å². The highest BCUT2D eigenvalue weighted by atomic mass is 16.7. The second kappa shape index (κ2) is 14.4. The number of phenolic OH excluding ortho intramolecular Hbond substituents is 2. The largest absolute Gasteiger partial charge is 0.504 e. The van der Waals surface area contributed by atoms with Crippen molar-refractivity contribution >= 4 is 11.9 Å². The van der Waals surface area contributed by atoms with E-state index in [-0.39, 0.29) is 34.8 Å². The van der Waals surface area contributed by atoms with Gasteiger partial charge in [-0.25, -0.2) is 9.59 Å². The summed E-state index contributed by atoms with van der Waals surface area (Å²) in [6.07, 6.45) is -17.2. The van der Waals surface area contributed by atoms with Crippen molar-refractivity contribution in [3.05, 3.63) is 47.5 Å². The van der Waals surface area contributed by atoms with Crippen LogP contribution in [0.5, 0.6) is 23.0 Å². The lowest BCUT2D eigenvalue weighted by molar-refractivity contribution is -0.271. The number of carboxylic acid groups (broad SMARTS) is 2. The van der Waals surface area contributed by atoms with Crippen LogP contribution in [-0.2, 0) is 31.9 Å². The van der Waals surface area contributed by atoms with Crippen molar-refractivity contribution in [1.82, 2.24) is 0 Å². The van der Waals surface area contributed by atoms with Gasteiger partial charge >= 0.3 is 11.9 Å². The number of hydrogen-bond donors (Lipinski definition) is 10. The molecule has 0 bridgehead atoms. The van der Waals surface area contributed by atoms with E-state index in [0.717, 1.165) is 0 Å². The summed E-state index contributed by atoms with van der Waals surface area (Å²) >= 11 is 0. The van der Waals surface area contributed by atoms with Crippen LogP contribution in [0.2, 0.25) is 0 Å². The fourth-order valence-corrected chi connectivity index (χ4v) is 5.26. The molecule has 46 heavy (non-hydrogen) atoms. The first-order valence-corrected chi connectivity index (χ1v) is 14.4. The van der Waals surface area contributed by atoms with E-state index in [0.29, 0.717) is 24.0 Å². The Morgan fingerprint density at radius 2 is 1.07 bits per heavy atom. The Hall–Kier alpha value is -3.74. The summed E-state index contributed by atoms with van der Waals surface area (Å²) < 4.78 is 21.2. The van der Waals surface area contributed by atoms with Gasteiger partial charge in [-0.2, -0.15) is 0 Å². The second-order valence-electron chi connectivity index (χ2n) is 11.7. The van der Waals surface area contributed by atoms with Gasteiger partial charge in [0.25, 0.3) is 0 Å². The van der Waals surface area contributed by atoms with Gasteiger partial charge in [0.15, 0.2) is 35.2 Å². The standard InChI is InChI=1S/C30H38O16/c1-11(7-13-4-6-17(16(32)9-13)43-29-23(37)19(33)21(35)25(45-29)27(39)40)12(2)8-14-3-5-15(31)18(10-14)44-30-24(38)20(34)22(36)26(46-30)28(41)42/h3-6,9-12,19-26,29-38H,7-8H2,1-2H3,(H,39,40)(H,41,42)/t11?,12?,19-,20-,21-,22-,23+,24+,25-,26-,29+,30+/m0/s1. The van der Waals surface area contributed by atoms with E-state index in [1.165, 1.54) is 24.3 Å². The highest BCUT2D eigenvalue weighted by Crippen LogP contribution is 2.35. The maximum Gasteiger partial charge on any atom is 0.335 e. The summed E-state index contributed by atoms with van der Waals surface area (Å²) in [7, 11) is 0. The first-order valence-electron chi connectivity index (χ1n) is 14.4. The van der Waals surface area contributed by atoms with Crippen LogP contribution in [0.3, 0.4) is 0 Å². The molecule has 2 saturated heterocycles. The molecule has 16 heteroatoms. The van der Waals surface area contributed by atoms with Crippen LogP contribution in [0.25, 0.3) is 0 Å². The minimum atomic E-state index is -1.89. The summed E-state index contributed by atoms with van der Waals surface area (Å²) in [5, 5.41) is 99.5.